The summed E-state index contributed by atoms with van der Waals surface area (Å²) in [5.74, 6) is 0.776. The summed E-state index contributed by atoms with van der Waals surface area (Å²) in [5, 5.41) is 18.5. The summed E-state index contributed by atoms with van der Waals surface area (Å²) in [5.41, 5.74) is 1.55. The summed E-state index contributed by atoms with van der Waals surface area (Å²) in [7, 11) is -1.02. The number of nitro benzene ring substituents is 1. The molecule has 1 aliphatic heterocycles. The predicted octanol–water partition coefficient (Wildman–Crippen LogP) is 2.87. The number of carbonyl (C=O) groups is 1. The van der Waals surface area contributed by atoms with Crippen molar-refractivity contribution in [1.29, 1.82) is 0 Å². The summed E-state index contributed by atoms with van der Waals surface area (Å²) in [6.45, 7) is 7.43. The van der Waals surface area contributed by atoms with Gasteiger partial charge in [-0.2, -0.15) is 5.10 Å². The molecule has 0 radical (unpaired) electrons. The highest BCUT2D eigenvalue weighted by atomic mass is 32.2. The first-order valence-corrected chi connectivity index (χ1v) is 9.60. The lowest BCUT2D eigenvalue weighted by Gasteiger charge is -2.23. The number of hydrogen-bond acceptors (Lipinski definition) is 5. The van der Waals surface area contributed by atoms with Crippen molar-refractivity contribution < 1.29 is 13.9 Å². The predicted molar refractivity (Wildman–Crippen MR) is 98.6 cm³/mol. The first kappa shape index (κ1) is 18.2. The molecule has 1 aromatic carbocycles. The number of aromatic nitrogens is 2. The van der Waals surface area contributed by atoms with Crippen LogP contribution < -0.4 is 5.32 Å². The van der Waals surface area contributed by atoms with Crippen molar-refractivity contribution in [3.05, 3.63) is 50.7 Å². The molecule has 0 fully saturated rings. The van der Waals surface area contributed by atoms with Gasteiger partial charge in [-0.05, 0) is 33.8 Å². The van der Waals surface area contributed by atoms with Gasteiger partial charge in [0, 0.05) is 33.6 Å². The van der Waals surface area contributed by atoms with Gasteiger partial charge in [-0.3, -0.25) is 19.1 Å². The Labute approximate surface area is 153 Å². The molecule has 9 heteroatoms. The third kappa shape index (κ3) is 3.14. The zero-order chi connectivity index (χ0) is 19.2. The smallest absolute Gasteiger partial charge is 0.273 e. The van der Waals surface area contributed by atoms with E-state index in [0.717, 1.165) is 11.3 Å². The van der Waals surface area contributed by atoms with E-state index in [0.29, 0.717) is 22.9 Å². The van der Waals surface area contributed by atoms with E-state index in [1.165, 1.54) is 12.1 Å². The Kier molecular flexibility index (Phi) is 4.43. The number of rotatable bonds is 3. The van der Waals surface area contributed by atoms with Gasteiger partial charge in [0.2, 0.25) is 0 Å². The average molecular weight is 376 g/mol. The third-order valence-corrected chi connectivity index (χ3v) is 5.49. The molecule has 0 saturated heterocycles. The molecule has 2 aromatic rings. The van der Waals surface area contributed by atoms with Crippen molar-refractivity contribution in [2.45, 2.75) is 44.7 Å². The van der Waals surface area contributed by atoms with E-state index in [2.05, 4.69) is 10.4 Å². The fraction of sp³-hybridized carbons (Fsp3) is 0.412. The highest BCUT2D eigenvalue weighted by Crippen LogP contribution is 2.33. The van der Waals surface area contributed by atoms with Crippen LogP contribution in [0.25, 0.3) is 0 Å². The lowest BCUT2D eigenvalue weighted by molar-refractivity contribution is -0.385. The molecule has 1 aliphatic rings. The Hall–Kier alpha value is -2.55. The lowest BCUT2D eigenvalue weighted by Crippen LogP contribution is -2.27. The fourth-order valence-electron chi connectivity index (χ4n) is 2.98. The lowest BCUT2D eigenvalue weighted by atomic mass is 10.1. The molecule has 3 rings (SSSR count). The summed E-state index contributed by atoms with van der Waals surface area (Å²) < 4.78 is 13.6. The molecule has 8 nitrogen and oxygen atoms in total. The van der Waals surface area contributed by atoms with Crippen LogP contribution in [0, 0.1) is 17.0 Å². The number of carbonyl (C=O) groups excluding carboxylic acids is 1. The molecule has 1 N–H and O–H groups in total. The van der Waals surface area contributed by atoms with Crippen LogP contribution in [0.5, 0.6) is 0 Å². The maximum atomic E-state index is 12.8. The molecule has 0 aliphatic carbocycles. The monoisotopic (exact) mass is 376 g/mol. The second-order valence-electron chi connectivity index (χ2n) is 7.25. The number of anilines is 1. The van der Waals surface area contributed by atoms with E-state index in [4.69, 9.17) is 0 Å². The molecule has 1 amide bonds. The van der Waals surface area contributed by atoms with Crippen LogP contribution in [0.2, 0.25) is 0 Å². The maximum Gasteiger partial charge on any atom is 0.273 e. The van der Waals surface area contributed by atoms with Gasteiger partial charge in [0.1, 0.15) is 5.82 Å². The average Bonchev–Trinajstić information content (AvgIpc) is 3.04. The van der Waals surface area contributed by atoms with Crippen molar-refractivity contribution in [3.63, 3.8) is 0 Å². The van der Waals surface area contributed by atoms with E-state index < -0.39 is 21.6 Å². The van der Waals surface area contributed by atoms with Crippen molar-refractivity contribution in [3.8, 4) is 0 Å². The van der Waals surface area contributed by atoms with Crippen molar-refractivity contribution in [2.24, 2.45) is 0 Å². The largest absolute Gasteiger partial charge is 0.306 e. The van der Waals surface area contributed by atoms with E-state index in [9.17, 15) is 19.1 Å². The van der Waals surface area contributed by atoms with E-state index >= 15 is 0 Å². The number of fused-ring (bicyclic) bond motifs is 1. The Morgan fingerprint density at radius 1 is 1.35 bits per heavy atom. The van der Waals surface area contributed by atoms with Crippen molar-refractivity contribution in [2.75, 3.05) is 5.32 Å². The van der Waals surface area contributed by atoms with Crippen LogP contribution in [-0.2, 0) is 27.8 Å². The second-order valence-corrected chi connectivity index (χ2v) is 8.70. The van der Waals surface area contributed by atoms with Gasteiger partial charge in [0.15, 0.2) is 0 Å². The quantitative estimate of drug-likeness (QED) is 0.655. The van der Waals surface area contributed by atoms with Gasteiger partial charge < -0.3 is 5.32 Å². The first-order valence-electron chi connectivity index (χ1n) is 8.11. The second kappa shape index (κ2) is 6.31. The molecule has 0 spiro atoms. The topological polar surface area (TPSA) is 107 Å². The third-order valence-electron chi connectivity index (χ3n) is 4.28. The summed E-state index contributed by atoms with van der Waals surface area (Å²) in [6.07, 6.45) is 0. The highest BCUT2D eigenvalue weighted by molar-refractivity contribution is 7.83. The summed E-state index contributed by atoms with van der Waals surface area (Å²) in [6, 6.07) is 4.40. The normalized spacial score (nSPS) is 16.4. The van der Waals surface area contributed by atoms with E-state index in [1.807, 2.05) is 20.8 Å². The number of hydrogen-bond donors (Lipinski definition) is 1. The zero-order valence-electron chi connectivity index (χ0n) is 15.0. The van der Waals surface area contributed by atoms with Gasteiger partial charge in [0.25, 0.3) is 11.6 Å². The molecule has 2 heterocycles. The SMILES string of the molecule is Cc1c(C(=O)Nc2c3c(nn2C(C)(C)C)C[S@@](=O)C3)cccc1[N+](=O)[O-]. The van der Waals surface area contributed by atoms with Gasteiger partial charge >= 0.3 is 0 Å². The maximum absolute atomic E-state index is 12.8. The summed E-state index contributed by atoms with van der Waals surface area (Å²) in [4.78, 5) is 23.4. The van der Waals surface area contributed by atoms with Crippen molar-refractivity contribution >= 4 is 28.2 Å². The molecule has 1 aromatic heterocycles. The van der Waals surface area contributed by atoms with Gasteiger partial charge in [-0.1, -0.05) is 6.07 Å². The molecule has 0 saturated carbocycles. The number of amides is 1. The molecular formula is C17H20N4O4S. The van der Waals surface area contributed by atoms with Crippen LogP contribution in [-0.4, -0.2) is 24.8 Å². The minimum absolute atomic E-state index is 0.103. The Morgan fingerprint density at radius 3 is 2.65 bits per heavy atom. The standard InChI is InChI=1S/C17H20N4O4S/c1-10-11(6-5-7-14(10)21(23)24)16(22)18-15-12-8-26(25)9-13(12)19-20(15)17(2,3)4/h5-7H,8-9H2,1-4H3,(H,18,22)/t26-/m0/s1. The number of benzene rings is 1. The molecule has 0 unspecified atom stereocenters. The zero-order valence-corrected chi connectivity index (χ0v) is 15.8. The number of nitro groups is 1. The number of nitrogens with zero attached hydrogens (tertiary/aromatic N) is 3. The van der Waals surface area contributed by atoms with Gasteiger partial charge in [-0.15, -0.1) is 0 Å². The van der Waals surface area contributed by atoms with Crippen LogP contribution in [0.3, 0.4) is 0 Å². The van der Waals surface area contributed by atoms with E-state index in [-0.39, 0.29) is 16.8 Å². The highest BCUT2D eigenvalue weighted by Gasteiger charge is 2.32. The minimum Gasteiger partial charge on any atom is -0.306 e. The molecule has 26 heavy (non-hydrogen) atoms. The van der Waals surface area contributed by atoms with Crippen molar-refractivity contribution in [1.82, 2.24) is 9.78 Å². The molecular weight excluding hydrogens is 356 g/mol. The Bertz CT molecular complexity index is 943. The van der Waals surface area contributed by atoms with Gasteiger partial charge in [0.05, 0.1) is 27.7 Å². The Balaban J connectivity index is 2.02. The molecule has 1 atom stereocenters. The molecule has 138 valence electrons. The fourth-order valence-corrected chi connectivity index (χ4v) is 4.25. The van der Waals surface area contributed by atoms with Crippen LogP contribution in [0.1, 0.15) is 48.0 Å². The van der Waals surface area contributed by atoms with Crippen LogP contribution >= 0.6 is 0 Å². The van der Waals surface area contributed by atoms with E-state index in [1.54, 1.807) is 17.7 Å². The van der Waals surface area contributed by atoms with Crippen LogP contribution in [0.15, 0.2) is 18.2 Å². The minimum atomic E-state index is -1.02. The first-order chi connectivity index (χ1) is 12.1. The number of nitrogens with one attached hydrogen (secondary N) is 1. The molecule has 0 bridgehead atoms. The Morgan fingerprint density at radius 2 is 2.04 bits per heavy atom. The summed E-state index contributed by atoms with van der Waals surface area (Å²) >= 11 is 0. The van der Waals surface area contributed by atoms with Crippen LogP contribution in [0.4, 0.5) is 11.5 Å². The van der Waals surface area contributed by atoms with Gasteiger partial charge in [-0.25, -0.2) is 4.68 Å².